The average Bonchev–Trinajstić information content (AvgIpc) is 2.75. The summed E-state index contributed by atoms with van der Waals surface area (Å²) in [6, 6.07) is 11.5. The van der Waals surface area contributed by atoms with Crippen LogP contribution in [0.3, 0.4) is 0 Å². The quantitative estimate of drug-likeness (QED) is 0.607. The van der Waals surface area contributed by atoms with Crippen molar-refractivity contribution in [2.24, 2.45) is 0 Å². The van der Waals surface area contributed by atoms with Crippen molar-refractivity contribution < 1.29 is 19.3 Å². The first-order chi connectivity index (χ1) is 14.1. The van der Waals surface area contributed by atoms with Gasteiger partial charge in [-0.05, 0) is 36.8 Å². The predicted octanol–water partition coefficient (Wildman–Crippen LogP) is 2.72. The molecule has 0 radical (unpaired) electrons. The van der Waals surface area contributed by atoms with Crippen LogP contribution < -0.4 is 14.8 Å². The lowest BCUT2D eigenvalue weighted by atomic mass is 10.2. The number of hydrogen-bond donors (Lipinski definition) is 2. The van der Waals surface area contributed by atoms with Gasteiger partial charge in [0.1, 0.15) is 0 Å². The number of aliphatic hydroxyl groups is 1. The maximum absolute atomic E-state index is 10.0. The summed E-state index contributed by atoms with van der Waals surface area (Å²) >= 11 is 0. The molecule has 3 rings (SSSR count). The number of pyridine rings is 1. The van der Waals surface area contributed by atoms with Crippen molar-refractivity contribution in [2.45, 2.75) is 19.6 Å². The molecule has 2 heterocycles. The lowest BCUT2D eigenvalue weighted by molar-refractivity contribution is 0.00818. The minimum Gasteiger partial charge on any atom is -0.493 e. The van der Waals surface area contributed by atoms with Gasteiger partial charge in [-0.1, -0.05) is 12.1 Å². The number of ether oxygens (including phenoxy) is 3. The van der Waals surface area contributed by atoms with Crippen LogP contribution >= 0.6 is 24.8 Å². The van der Waals surface area contributed by atoms with Crippen molar-refractivity contribution in [3.8, 4) is 11.5 Å². The molecule has 1 aliphatic heterocycles. The van der Waals surface area contributed by atoms with Crippen molar-refractivity contribution in [3.05, 3.63) is 53.9 Å². The van der Waals surface area contributed by atoms with Crippen LogP contribution in [-0.4, -0.2) is 74.6 Å². The van der Waals surface area contributed by atoms with E-state index in [1.807, 2.05) is 43.3 Å². The average molecular weight is 476 g/mol. The highest BCUT2D eigenvalue weighted by Gasteiger charge is 2.14. The first-order valence-corrected chi connectivity index (χ1v) is 9.89. The van der Waals surface area contributed by atoms with Crippen molar-refractivity contribution in [3.63, 3.8) is 0 Å². The number of methoxy groups -OCH3 is 2. The van der Waals surface area contributed by atoms with Gasteiger partial charge >= 0.3 is 0 Å². The third-order valence-electron chi connectivity index (χ3n) is 4.52. The van der Waals surface area contributed by atoms with E-state index in [0.29, 0.717) is 31.3 Å². The number of β-amino-alcohol motifs (C(OH)–C–C–N with tert-alkyl or cyclic N) is 1. The standard InChI is InChI=1S/C16H26N2O4.C6H7N.2ClH/c1-20-15-4-3-13(9-16(15)21-2)11-22-12-14(19)10-18-7-5-17-6-8-18;1-6-4-2-3-5-7-6;;/h3-4,9,14,17,19H,5-8,10-12H2,1-2H3;2-5H,1H3;2*1H. The van der Waals surface area contributed by atoms with Crippen LogP contribution in [0.15, 0.2) is 42.6 Å². The number of aliphatic hydroxyl groups excluding tert-OH is 1. The Bertz CT molecular complexity index is 704. The highest BCUT2D eigenvalue weighted by molar-refractivity contribution is 5.85. The van der Waals surface area contributed by atoms with Gasteiger partial charge in [0.2, 0.25) is 0 Å². The summed E-state index contributed by atoms with van der Waals surface area (Å²) in [7, 11) is 3.22. The van der Waals surface area contributed by atoms with Crippen LogP contribution in [0.1, 0.15) is 11.3 Å². The molecule has 176 valence electrons. The molecule has 1 aromatic carbocycles. The predicted molar refractivity (Wildman–Crippen MR) is 128 cm³/mol. The number of aromatic nitrogens is 1. The number of rotatable bonds is 8. The molecule has 7 nitrogen and oxygen atoms in total. The summed E-state index contributed by atoms with van der Waals surface area (Å²) in [5.41, 5.74) is 2.06. The first-order valence-electron chi connectivity index (χ1n) is 9.89. The second-order valence-electron chi connectivity index (χ2n) is 6.88. The van der Waals surface area contributed by atoms with Crippen molar-refractivity contribution in [1.82, 2.24) is 15.2 Å². The third-order valence-corrected chi connectivity index (χ3v) is 4.52. The molecule has 9 heteroatoms. The van der Waals surface area contributed by atoms with Gasteiger partial charge in [-0.25, -0.2) is 0 Å². The maximum Gasteiger partial charge on any atom is 0.161 e. The first kappa shape index (κ1) is 29.4. The zero-order chi connectivity index (χ0) is 20.9. The number of halogens is 2. The third kappa shape index (κ3) is 11.5. The van der Waals surface area contributed by atoms with E-state index in [4.69, 9.17) is 14.2 Å². The zero-order valence-electron chi connectivity index (χ0n) is 18.5. The van der Waals surface area contributed by atoms with Crippen LogP contribution in [0.2, 0.25) is 0 Å². The summed E-state index contributed by atoms with van der Waals surface area (Å²) in [4.78, 5) is 6.23. The van der Waals surface area contributed by atoms with Crippen LogP contribution in [0.25, 0.3) is 0 Å². The molecule has 2 N–H and O–H groups in total. The summed E-state index contributed by atoms with van der Waals surface area (Å²) in [5, 5.41) is 13.3. The van der Waals surface area contributed by atoms with E-state index in [1.165, 1.54) is 0 Å². The molecule has 1 aromatic heterocycles. The van der Waals surface area contributed by atoms with Gasteiger partial charge in [0.25, 0.3) is 0 Å². The van der Waals surface area contributed by atoms with Crippen molar-refractivity contribution in [1.29, 1.82) is 0 Å². The lowest BCUT2D eigenvalue weighted by Crippen LogP contribution is -2.47. The fraction of sp³-hybridized carbons (Fsp3) is 0.500. The van der Waals surface area contributed by atoms with Crippen LogP contribution in [-0.2, 0) is 11.3 Å². The molecule has 1 saturated heterocycles. The second kappa shape index (κ2) is 17.0. The molecule has 0 amide bonds. The van der Waals surface area contributed by atoms with Gasteiger partial charge in [0, 0.05) is 44.6 Å². The van der Waals surface area contributed by atoms with Gasteiger partial charge in [-0.15, -0.1) is 24.8 Å². The summed E-state index contributed by atoms with van der Waals surface area (Å²) in [6.07, 6.45) is 1.33. The van der Waals surface area contributed by atoms with E-state index in [2.05, 4.69) is 15.2 Å². The Kier molecular flexibility index (Phi) is 16.1. The molecule has 1 unspecified atom stereocenters. The highest BCUT2D eigenvalue weighted by atomic mass is 35.5. The molecular formula is C22H35Cl2N3O4. The fourth-order valence-electron chi connectivity index (χ4n) is 2.98. The Hall–Kier alpha value is -1.61. The van der Waals surface area contributed by atoms with Crippen LogP contribution in [0.5, 0.6) is 11.5 Å². The van der Waals surface area contributed by atoms with Gasteiger partial charge in [-0.3, -0.25) is 9.88 Å². The molecule has 0 saturated carbocycles. The maximum atomic E-state index is 10.0. The Morgan fingerprint density at radius 3 is 2.32 bits per heavy atom. The highest BCUT2D eigenvalue weighted by Crippen LogP contribution is 2.27. The van der Waals surface area contributed by atoms with E-state index in [1.54, 1.807) is 20.4 Å². The SMILES string of the molecule is COc1ccc(COCC(O)CN2CCNCC2)cc1OC.Cc1ccccn1.Cl.Cl. The molecule has 0 bridgehead atoms. The number of benzene rings is 1. The largest absolute Gasteiger partial charge is 0.493 e. The van der Waals surface area contributed by atoms with Gasteiger partial charge in [-0.2, -0.15) is 0 Å². The van der Waals surface area contributed by atoms with Crippen LogP contribution in [0, 0.1) is 6.92 Å². The van der Waals surface area contributed by atoms with Gasteiger partial charge in [0.15, 0.2) is 11.5 Å². The number of piperazine rings is 1. The van der Waals surface area contributed by atoms with Gasteiger partial charge in [0.05, 0.1) is 33.5 Å². The van der Waals surface area contributed by atoms with E-state index in [-0.39, 0.29) is 24.8 Å². The molecule has 1 atom stereocenters. The minimum atomic E-state index is -0.460. The van der Waals surface area contributed by atoms with E-state index in [9.17, 15) is 5.11 Å². The van der Waals surface area contributed by atoms with E-state index >= 15 is 0 Å². The van der Waals surface area contributed by atoms with Crippen LogP contribution in [0.4, 0.5) is 0 Å². The molecule has 31 heavy (non-hydrogen) atoms. The number of hydrogen-bond acceptors (Lipinski definition) is 7. The monoisotopic (exact) mass is 475 g/mol. The van der Waals surface area contributed by atoms with E-state index in [0.717, 1.165) is 37.4 Å². The van der Waals surface area contributed by atoms with Gasteiger partial charge < -0.3 is 24.6 Å². The van der Waals surface area contributed by atoms with Crippen molar-refractivity contribution >= 4 is 24.8 Å². The van der Waals surface area contributed by atoms with Crippen molar-refractivity contribution in [2.75, 3.05) is 53.6 Å². The summed E-state index contributed by atoms with van der Waals surface area (Å²) in [6.45, 7) is 7.34. The number of nitrogens with one attached hydrogen (secondary N) is 1. The molecular weight excluding hydrogens is 441 g/mol. The molecule has 2 aromatic rings. The normalized spacial score (nSPS) is 14.2. The second-order valence-corrected chi connectivity index (χ2v) is 6.88. The molecule has 0 aliphatic carbocycles. The Morgan fingerprint density at radius 1 is 1.06 bits per heavy atom. The Balaban J connectivity index is 0.000000854. The lowest BCUT2D eigenvalue weighted by Gasteiger charge is -2.28. The number of aryl methyl sites for hydroxylation is 1. The molecule has 1 aliphatic rings. The summed E-state index contributed by atoms with van der Waals surface area (Å²) in [5.74, 6) is 1.38. The van der Waals surface area contributed by atoms with E-state index < -0.39 is 6.10 Å². The topological polar surface area (TPSA) is 76.1 Å². The number of nitrogens with zero attached hydrogens (tertiary/aromatic N) is 2. The smallest absolute Gasteiger partial charge is 0.161 e. The fourth-order valence-corrected chi connectivity index (χ4v) is 2.98. The minimum absolute atomic E-state index is 0. The zero-order valence-corrected chi connectivity index (χ0v) is 20.1. The summed E-state index contributed by atoms with van der Waals surface area (Å²) < 4.78 is 16.1. The Labute approximate surface area is 197 Å². The molecule has 0 spiro atoms. The Morgan fingerprint density at radius 2 is 1.77 bits per heavy atom. The molecule has 1 fully saturated rings.